The summed E-state index contributed by atoms with van der Waals surface area (Å²) in [4.78, 5) is 19.6. The van der Waals surface area contributed by atoms with E-state index in [1.165, 1.54) is 15.9 Å². The Morgan fingerprint density at radius 3 is 2.65 bits per heavy atom. The molecule has 2 saturated heterocycles. The van der Waals surface area contributed by atoms with Crippen LogP contribution in [0.3, 0.4) is 0 Å². The van der Waals surface area contributed by atoms with Gasteiger partial charge in [0.25, 0.3) is 0 Å². The molecule has 182 valence electrons. The molecule has 5 heterocycles. The first kappa shape index (κ1) is 22.7. The molecule has 0 radical (unpaired) electrons. The first-order chi connectivity index (χ1) is 16.2. The van der Waals surface area contributed by atoms with E-state index in [1.54, 1.807) is 25.3 Å². The fraction of sp³-hybridized carbons (Fsp3) is 0.571. The lowest BCUT2D eigenvalue weighted by molar-refractivity contribution is -0.334. The predicted molar refractivity (Wildman–Crippen MR) is 112 cm³/mol. The molecule has 1 atom stereocenters. The Bertz CT molecular complexity index is 1070. The number of aliphatic hydroxyl groups is 1. The number of cyclic esters (lactones) is 1. The summed E-state index contributed by atoms with van der Waals surface area (Å²) in [6, 6.07) is 3.46. The van der Waals surface area contributed by atoms with E-state index in [9.17, 15) is 18.7 Å². The number of piperidine rings is 1. The van der Waals surface area contributed by atoms with Gasteiger partial charge in [0.1, 0.15) is 19.5 Å². The first-order valence-electron chi connectivity index (χ1n) is 11.0. The number of alkyl halides is 2. The Morgan fingerprint density at radius 2 is 2.03 bits per heavy atom. The minimum atomic E-state index is -3.33. The van der Waals surface area contributed by atoms with E-state index in [4.69, 9.17) is 9.47 Å². The molecule has 1 spiro atoms. The summed E-state index contributed by atoms with van der Waals surface area (Å²) in [5, 5.41) is 21.6. The van der Waals surface area contributed by atoms with Gasteiger partial charge in [0.2, 0.25) is 0 Å². The highest BCUT2D eigenvalue weighted by Gasteiger charge is 2.52. The molecule has 0 saturated carbocycles. The molecular weight excluding hydrogens is 452 g/mol. The van der Waals surface area contributed by atoms with Crippen LogP contribution in [-0.4, -0.2) is 97.1 Å². The van der Waals surface area contributed by atoms with Crippen LogP contribution in [-0.2, 0) is 14.3 Å². The lowest BCUT2D eigenvalue weighted by Gasteiger charge is -2.50. The average Bonchev–Trinajstić information content (AvgIpc) is 3.45. The van der Waals surface area contributed by atoms with Crippen LogP contribution in [0, 0.1) is 0 Å². The molecule has 3 aliphatic rings. The number of hydrogen-bond acceptors (Lipinski definition) is 10. The monoisotopic (exact) mass is 477 g/mol. The zero-order chi connectivity index (χ0) is 23.9. The van der Waals surface area contributed by atoms with Crippen molar-refractivity contribution in [3.63, 3.8) is 0 Å². The van der Waals surface area contributed by atoms with E-state index in [2.05, 4.69) is 20.5 Å². The smallest absolute Gasteiger partial charge is 0.373 e. The molecule has 1 N–H and O–H groups in total. The molecule has 34 heavy (non-hydrogen) atoms. The van der Waals surface area contributed by atoms with Gasteiger partial charge in [0, 0.05) is 37.9 Å². The second-order valence-electron chi connectivity index (χ2n) is 8.95. The first-order valence-corrected chi connectivity index (χ1v) is 11.0. The van der Waals surface area contributed by atoms with Crippen LogP contribution < -0.4 is 0 Å². The number of esters is 1. The highest BCUT2D eigenvalue weighted by atomic mass is 19.3. The number of nitrogens with zero attached hydrogens (tertiary/aromatic N) is 7. The van der Waals surface area contributed by atoms with Gasteiger partial charge in [0.15, 0.2) is 5.82 Å². The Morgan fingerprint density at radius 1 is 1.24 bits per heavy atom. The number of aromatic nitrogens is 5. The van der Waals surface area contributed by atoms with Gasteiger partial charge in [-0.1, -0.05) is 6.07 Å². The number of carbonyl (C=O) groups is 1. The molecule has 2 aromatic rings. The van der Waals surface area contributed by atoms with Crippen molar-refractivity contribution < 1.29 is 28.2 Å². The molecule has 11 nitrogen and oxygen atoms in total. The van der Waals surface area contributed by atoms with Gasteiger partial charge in [-0.05, 0) is 36.3 Å². The third-order valence-electron chi connectivity index (χ3n) is 6.62. The number of likely N-dealkylation sites (tertiary alicyclic amines) is 1. The summed E-state index contributed by atoms with van der Waals surface area (Å²) in [5.74, 6) is 0.0589. The Labute approximate surface area is 193 Å². The van der Waals surface area contributed by atoms with Gasteiger partial charge >= 0.3 is 12.1 Å². The van der Waals surface area contributed by atoms with E-state index in [-0.39, 0.29) is 13.2 Å². The minimum absolute atomic E-state index is 0.00932. The summed E-state index contributed by atoms with van der Waals surface area (Å²) < 4.78 is 40.8. The van der Waals surface area contributed by atoms with E-state index in [1.807, 2.05) is 4.90 Å². The van der Waals surface area contributed by atoms with E-state index in [0.717, 1.165) is 0 Å². The van der Waals surface area contributed by atoms with E-state index >= 15 is 0 Å². The van der Waals surface area contributed by atoms with Crippen LogP contribution in [0.1, 0.15) is 31.4 Å². The van der Waals surface area contributed by atoms with E-state index in [0.29, 0.717) is 55.1 Å². The fourth-order valence-electron chi connectivity index (χ4n) is 4.74. The van der Waals surface area contributed by atoms with Crippen molar-refractivity contribution in [1.82, 2.24) is 35.0 Å². The van der Waals surface area contributed by atoms with Crippen molar-refractivity contribution in [1.29, 1.82) is 0 Å². The molecule has 0 bridgehead atoms. The number of pyridine rings is 1. The van der Waals surface area contributed by atoms with Crippen molar-refractivity contribution in [3.05, 3.63) is 41.5 Å². The molecule has 13 heteroatoms. The molecule has 0 unspecified atom stereocenters. The number of tetrazole rings is 1. The average molecular weight is 477 g/mol. The fourth-order valence-corrected chi connectivity index (χ4v) is 4.74. The number of ether oxygens (including phenoxy) is 2. The molecule has 0 aromatic carbocycles. The quantitative estimate of drug-likeness (QED) is 0.616. The van der Waals surface area contributed by atoms with E-state index < -0.39 is 30.3 Å². The van der Waals surface area contributed by atoms with Crippen LogP contribution in [0.5, 0.6) is 0 Å². The maximum absolute atomic E-state index is 14.5. The number of morpholine rings is 1. The Balaban J connectivity index is 1.21. The maximum Gasteiger partial charge on any atom is 0.373 e. The van der Waals surface area contributed by atoms with Crippen LogP contribution in [0.15, 0.2) is 35.9 Å². The summed E-state index contributed by atoms with van der Waals surface area (Å²) in [6.07, 6.45) is -0.366. The molecule has 5 rings (SSSR count). The Hall–Kier alpha value is -3.03. The normalized spacial score (nSPS) is 23.4. The standard InChI is InChI=1S/C21H25F2N7O4/c1-14-16(10-33-19(14)32)29-11-20(34-21(22,23)12-29)4-6-28(7-5-20)9-17(31)15-2-3-18(24-8-15)30-13-25-26-27-30/h2-3,8,13,17,31H,4-7,9-12H2,1H3/t17-/m0/s1. The van der Waals surface area contributed by atoms with Crippen molar-refractivity contribution in [2.45, 2.75) is 37.6 Å². The SMILES string of the molecule is CC1=C(N2CC(F)(F)OC3(CCN(C[C@H](O)c4ccc(-n5cnnn5)nc4)CC3)C2)COC1=O. The molecule has 2 fully saturated rings. The molecule has 0 amide bonds. The maximum atomic E-state index is 14.5. The summed E-state index contributed by atoms with van der Waals surface area (Å²) >= 11 is 0. The summed E-state index contributed by atoms with van der Waals surface area (Å²) in [6.45, 7) is 2.59. The number of rotatable bonds is 5. The third kappa shape index (κ3) is 4.50. The van der Waals surface area contributed by atoms with Gasteiger partial charge in [-0.25, -0.2) is 9.78 Å². The topological polar surface area (TPSA) is 119 Å². The van der Waals surface area contributed by atoms with Crippen molar-refractivity contribution in [2.24, 2.45) is 0 Å². The number of halogens is 2. The highest BCUT2D eigenvalue weighted by molar-refractivity contribution is 5.90. The van der Waals surface area contributed by atoms with Crippen molar-refractivity contribution in [2.75, 3.05) is 39.3 Å². The number of aliphatic hydroxyl groups excluding tert-OH is 1. The van der Waals surface area contributed by atoms with Gasteiger partial charge < -0.3 is 24.4 Å². The molecule has 2 aromatic heterocycles. The van der Waals surface area contributed by atoms with Crippen LogP contribution in [0.2, 0.25) is 0 Å². The highest BCUT2D eigenvalue weighted by Crippen LogP contribution is 2.40. The van der Waals surface area contributed by atoms with Crippen molar-refractivity contribution >= 4 is 5.97 Å². The largest absolute Gasteiger partial charge is 0.456 e. The Kier molecular flexibility index (Phi) is 5.78. The van der Waals surface area contributed by atoms with Crippen LogP contribution >= 0.6 is 0 Å². The second kappa shape index (κ2) is 8.64. The van der Waals surface area contributed by atoms with Gasteiger partial charge in [-0.15, -0.1) is 5.10 Å². The van der Waals surface area contributed by atoms with Crippen LogP contribution in [0.4, 0.5) is 8.78 Å². The lowest BCUT2D eigenvalue weighted by atomic mass is 9.88. The number of carbonyl (C=O) groups excluding carboxylic acids is 1. The zero-order valence-electron chi connectivity index (χ0n) is 18.6. The van der Waals surface area contributed by atoms with Crippen molar-refractivity contribution in [3.8, 4) is 5.82 Å². The third-order valence-corrected chi connectivity index (χ3v) is 6.62. The predicted octanol–water partition coefficient (Wildman–Crippen LogP) is 0.681. The molecule has 0 aliphatic carbocycles. The van der Waals surface area contributed by atoms with Crippen LogP contribution in [0.25, 0.3) is 5.82 Å². The molecular formula is C21H25F2N7O4. The second-order valence-corrected chi connectivity index (χ2v) is 8.95. The summed E-state index contributed by atoms with van der Waals surface area (Å²) in [7, 11) is 0. The minimum Gasteiger partial charge on any atom is -0.456 e. The van der Waals surface area contributed by atoms with Gasteiger partial charge in [-0.3, -0.25) is 0 Å². The zero-order valence-corrected chi connectivity index (χ0v) is 18.6. The number of hydrogen-bond donors (Lipinski definition) is 1. The summed E-state index contributed by atoms with van der Waals surface area (Å²) in [5.41, 5.74) is 0.477. The van der Waals surface area contributed by atoms with Gasteiger partial charge in [-0.2, -0.15) is 13.5 Å². The molecule has 3 aliphatic heterocycles. The number of β-amino-alcohol motifs (C(OH)–C–C–N with tert-alkyl or cyclic N) is 1. The van der Waals surface area contributed by atoms with Gasteiger partial charge in [0.05, 0.1) is 23.0 Å². The lowest BCUT2D eigenvalue weighted by Crippen LogP contribution is -2.61.